The molecule has 0 bridgehead atoms. The second-order valence-corrected chi connectivity index (χ2v) is 3.70. The molecule has 98 valence electrons. The number of hydrogen-bond acceptors (Lipinski definition) is 6. The molecule has 6 heteroatoms. The first-order valence-electron chi connectivity index (χ1n) is 5.81. The van der Waals surface area contributed by atoms with Gasteiger partial charge < -0.3 is 13.9 Å². The van der Waals surface area contributed by atoms with E-state index < -0.39 is 0 Å². The van der Waals surface area contributed by atoms with Gasteiger partial charge in [0.2, 0.25) is 11.8 Å². The molecule has 17 heavy (non-hydrogen) atoms. The summed E-state index contributed by atoms with van der Waals surface area (Å²) in [6.45, 7) is 5.63. The van der Waals surface area contributed by atoms with Gasteiger partial charge in [0, 0.05) is 33.7 Å². The van der Waals surface area contributed by atoms with Crippen molar-refractivity contribution in [3.63, 3.8) is 0 Å². The zero-order valence-electron chi connectivity index (χ0n) is 10.8. The highest BCUT2D eigenvalue weighted by molar-refractivity contribution is 4.81. The maximum absolute atomic E-state index is 5.48. The molecule has 0 spiro atoms. The molecule has 6 nitrogen and oxygen atoms in total. The van der Waals surface area contributed by atoms with Crippen molar-refractivity contribution >= 4 is 0 Å². The summed E-state index contributed by atoms with van der Waals surface area (Å²) in [7, 11) is 3.38. The molecule has 0 saturated carbocycles. The van der Waals surface area contributed by atoms with E-state index >= 15 is 0 Å². The lowest BCUT2D eigenvalue weighted by Gasteiger charge is -2.19. The number of ether oxygens (including phenoxy) is 2. The molecule has 0 aliphatic heterocycles. The van der Waals surface area contributed by atoms with Crippen LogP contribution in [0.5, 0.6) is 0 Å². The molecule has 0 unspecified atom stereocenters. The maximum atomic E-state index is 5.48. The second kappa shape index (κ2) is 8.16. The number of aryl methyl sites for hydroxylation is 1. The quantitative estimate of drug-likeness (QED) is 0.637. The highest BCUT2D eigenvalue weighted by Gasteiger charge is 2.10. The minimum Gasteiger partial charge on any atom is -0.424 e. The Morgan fingerprint density at radius 2 is 1.65 bits per heavy atom. The van der Waals surface area contributed by atoms with Crippen molar-refractivity contribution < 1.29 is 13.9 Å². The minimum atomic E-state index is 0.639. The van der Waals surface area contributed by atoms with E-state index in [0.29, 0.717) is 31.5 Å². The first-order valence-corrected chi connectivity index (χ1v) is 5.81. The maximum Gasteiger partial charge on any atom is 0.230 e. The third-order valence-electron chi connectivity index (χ3n) is 2.39. The van der Waals surface area contributed by atoms with Crippen molar-refractivity contribution in [1.29, 1.82) is 0 Å². The van der Waals surface area contributed by atoms with Gasteiger partial charge in [0.05, 0.1) is 19.8 Å². The van der Waals surface area contributed by atoms with Crippen molar-refractivity contribution in [3.8, 4) is 0 Å². The molecule has 1 rings (SSSR count). The molecular weight excluding hydrogens is 222 g/mol. The van der Waals surface area contributed by atoms with E-state index in [1.807, 2.05) is 6.92 Å². The Morgan fingerprint density at radius 3 is 2.12 bits per heavy atom. The van der Waals surface area contributed by atoms with Gasteiger partial charge in [-0.3, -0.25) is 4.90 Å². The van der Waals surface area contributed by atoms with Crippen molar-refractivity contribution in [2.24, 2.45) is 0 Å². The molecular formula is C11H21N3O3. The smallest absolute Gasteiger partial charge is 0.230 e. The normalized spacial score (nSPS) is 11.3. The van der Waals surface area contributed by atoms with Gasteiger partial charge in [0.1, 0.15) is 0 Å². The van der Waals surface area contributed by atoms with E-state index in [0.717, 1.165) is 19.5 Å². The molecule has 0 aliphatic carbocycles. The van der Waals surface area contributed by atoms with Crippen LogP contribution >= 0.6 is 0 Å². The first-order chi connectivity index (χ1) is 8.30. The van der Waals surface area contributed by atoms with Crippen LogP contribution in [0.3, 0.4) is 0 Å². The molecule has 1 heterocycles. The Bertz CT molecular complexity index is 296. The van der Waals surface area contributed by atoms with Crippen LogP contribution < -0.4 is 0 Å². The highest BCUT2D eigenvalue weighted by Crippen LogP contribution is 2.04. The summed E-state index contributed by atoms with van der Waals surface area (Å²) in [5.74, 6) is 1.33. The summed E-state index contributed by atoms with van der Waals surface area (Å²) in [6, 6.07) is 0. The van der Waals surface area contributed by atoms with Gasteiger partial charge in [-0.1, -0.05) is 6.92 Å². The standard InChI is InChI=1S/C11H21N3O3/c1-4-10-12-13-11(17-10)9-14(5-7-15-2)6-8-16-3/h4-9H2,1-3H3. The zero-order valence-corrected chi connectivity index (χ0v) is 10.8. The summed E-state index contributed by atoms with van der Waals surface area (Å²) < 4.78 is 15.6. The van der Waals surface area contributed by atoms with E-state index in [2.05, 4.69) is 15.1 Å². The fourth-order valence-electron chi connectivity index (χ4n) is 1.40. The first kappa shape index (κ1) is 14.1. The lowest BCUT2D eigenvalue weighted by Crippen LogP contribution is -2.30. The molecule has 1 aromatic rings. The van der Waals surface area contributed by atoms with Gasteiger partial charge in [-0.15, -0.1) is 10.2 Å². The number of aromatic nitrogens is 2. The topological polar surface area (TPSA) is 60.6 Å². The van der Waals surface area contributed by atoms with Gasteiger partial charge in [-0.05, 0) is 0 Å². The van der Waals surface area contributed by atoms with Crippen molar-refractivity contribution in [1.82, 2.24) is 15.1 Å². The van der Waals surface area contributed by atoms with Crippen molar-refractivity contribution in [2.45, 2.75) is 19.9 Å². The molecule has 1 aromatic heterocycles. The van der Waals surface area contributed by atoms with Gasteiger partial charge in [0.25, 0.3) is 0 Å². The number of rotatable bonds is 9. The average molecular weight is 243 g/mol. The van der Waals surface area contributed by atoms with Crippen LogP contribution in [0.25, 0.3) is 0 Å². The number of hydrogen-bond donors (Lipinski definition) is 0. The predicted molar refractivity (Wildman–Crippen MR) is 62.7 cm³/mol. The van der Waals surface area contributed by atoms with Gasteiger partial charge in [-0.2, -0.15) is 0 Å². The lowest BCUT2D eigenvalue weighted by atomic mass is 10.4. The van der Waals surface area contributed by atoms with Gasteiger partial charge in [0.15, 0.2) is 0 Å². The second-order valence-electron chi connectivity index (χ2n) is 3.70. The lowest BCUT2D eigenvalue weighted by molar-refractivity contribution is 0.104. The number of nitrogens with zero attached hydrogens (tertiary/aromatic N) is 3. The van der Waals surface area contributed by atoms with E-state index in [1.54, 1.807) is 14.2 Å². The van der Waals surface area contributed by atoms with Crippen LogP contribution in [0.15, 0.2) is 4.42 Å². The van der Waals surface area contributed by atoms with Crippen LogP contribution in [0, 0.1) is 0 Å². The average Bonchev–Trinajstić information content (AvgIpc) is 2.80. The van der Waals surface area contributed by atoms with Crippen molar-refractivity contribution in [3.05, 3.63) is 11.8 Å². The minimum absolute atomic E-state index is 0.639. The Hall–Kier alpha value is -0.980. The molecule has 0 aromatic carbocycles. The molecule has 0 amide bonds. The number of methoxy groups -OCH3 is 2. The van der Waals surface area contributed by atoms with Crippen LogP contribution in [0.4, 0.5) is 0 Å². The molecule has 0 atom stereocenters. The van der Waals surface area contributed by atoms with E-state index in [1.165, 1.54) is 0 Å². The van der Waals surface area contributed by atoms with Gasteiger partial charge in [-0.25, -0.2) is 0 Å². The highest BCUT2D eigenvalue weighted by atomic mass is 16.5. The van der Waals surface area contributed by atoms with Crippen LogP contribution in [-0.4, -0.2) is 55.6 Å². The fourth-order valence-corrected chi connectivity index (χ4v) is 1.40. The predicted octanol–water partition coefficient (Wildman–Crippen LogP) is 0.727. The van der Waals surface area contributed by atoms with E-state index in [-0.39, 0.29) is 0 Å². The molecule has 0 N–H and O–H groups in total. The third-order valence-corrected chi connectivity index (χ3v) is 2.39. The Kier molecular flexibility index (Phi) is 6.76. The summed E-state index contributed by atoms with van der Waals surface area (Å²) in [4.78, 5) is 2.17. The molecule has 0 radical (unpaired) electrons. The molecule has 0 saturated heterocycles. The van der Waals surface area contributed by atoms with Crippen LogP contribution in [0.1, 0.15) is 18.7 Å². The SMILES string of the molecule is CCc1nnc(CN(CCOC)CCOC)o1. The van der Waals surface area contributed by atoms with Crippen molar-refractivity contribution in [2.75, 3.05) is 40.5 Å². The molecule has 0 aliphatic rings. The summed E-state index contributed by atoms with van der Waals surface area (Å²) in [5.41, 5.74) is 0. The summed E-state index contributed by atoms with van der Waals surface area (Å²) >= 11 is 0. The molecule has 0 fully saturated rings. The summed E-state index contributed by atoms with van der Waals surface area (Å²) in [6.07, 6.45) is 0.767. The van der Waals surface area contributed by atoms with Crippen LogP contribution in [0.2, 0.25) is 0 Å². The van der Waals surface area contributed by atoms with Crippen LogP contribution in [-0.2, 0) is 22.4 Å². The summed E-state index contributed by atoms with van der Waals surface area (Å²) in [5, 5.41) is 7.95. The van der Waals surface area contributed by atoms with Gasteiger partial charge >= 0.3 is 0 Å². The monoisotopic (exact) mass is 243 g/mol. The third kappa shape index (κ3) is 5.25. The largest absolute Gasteiger partial charge is 0.424 e. The van der Waals surface area contributed by atoms with E-state index in [4.69, 9.17) is 13.9 Å². The zero-order chi connectivity index (χ0) is 12.5. The van der Waals surface area contributed by atoms with E-state index in [9.17, 15) is 0 Å². The Labute approximate surface area is 102 Å². The Balaban J connectivity index is 2.45. The Morgan fingerprint density at radius 1 is 1.06 bits per heavy atom. The fraction of sp³-hybridized carbons (Fsp3) is 0.818.